The van der Waals surface area contributed by atoms with Gasteiger partial charge in [0.1, 0.15) is 6.61 Å². The second-order valence-corrected chi connectivity index (χ2v) is 4.92. The van der Waals surface area contributed by atoms with Crippen molar-refractivity contribution in [3.63, 3.8) is 0 Å². The number of ether oxygens (including phenoxy) is 1. The first-order valence-corrected chi connectivity index (χ1v) is 6.29. The molecule has 1 aliphatic carbocycles. The van der Waals surface area contributed by atoms with Crippen LogP contribution in [0, 0.1) is 5.41 Å². The van der Waals surface area contributed by atoms with Crippen molar-refractivity contribution in [2.45, 2.75) is 19.3 Å². The normalized spacial score (nSPS) is 26.1. The topological polar surface area (TPSA) is 29.5 Å². The maximum atomic E-state index is 11.5. The van der Waals surface area contributed by atoms with Gasteiger partial charge in [0.15, 0.2) is 0 Å². The summed E-state index contributed by atoms with van der Waals surface area (Å²) in [7, 11) is 0. The Hall–Kier alpha value is -0.0900. The van der Waals surface area contributed by atoms with Gasteiger partial charge < -0.3 is 9.64 Å². The first kappa shape index (κ1) is 10.4. The smallest absolute Gasteiger partial charge is 0.248 e. The quantitative estimate of drug-likeness (QED) is 0.720. The molecule has 14 heavy (non-hydrogen) atoms. The molecule has 0 unspecified atom stereocenters. The van der Waals surface area contributed by atoms with Crippen molar-refractivity contribution in [1.29, 1.82) is 0 Å². The molecular formula is C10H16BrNO2. The molecule has 0 bridgehead atoms. The summed E-state index contributed by atoms with van der Waals surface area (Å²) in [5.74, 6) is 0.156. The van der Waals surface area contributed by atoms with Crippen molar-refractivity contribution in [3.8, 4) is 0 Å². The Labute approximate surface area is 92.9 Å². The molecule has 80 valence electrons. The predicted octanol–water partition coefficient (Wildman–Crippen LogP) is 1.41. The van der Waals surface area contributed by atoms with Gasteiger partial charge in [-0.15, -0.1) is 0 Å². The Kier molecular flexibility index (Phi) is 3.12. The van der Waals surface area contributed by atoms with E-state index in [-0.39, 0.29) is 12.5 Å². The van der Waals surface area contributed by atoms with Crippen LogP contribution in [0.3, 0.4) is 0 Å². The van der Waals surface area contributed by atoms with Crippen molar-refractivity contribution >= 4 is 21.8 Å². The van der Waals surface area contributed by atoms with E-state index in [1.54, 1.807) is 0 Å². The van der Waals surface area contributed by atoms with Crippen LogP contribution in [0.15, 0.2) is 0 Å². The monoisotopic (exact) mass is 261 g/mol. The minimum absolute atomic E-state index is 0.156. The summed E-state index contributed by atoms with van der Waals surface area (Å²) < 4.78 is 5.11. The zero-order valence-corrected chi connectivity index (χ0v) is 9.88. The zero-order valence-electron chi connectivity index (χ0n) is 8.30. The Morgan fingerprint density at radius 1 is 1.50 bits per heavy atom. The summed E-state index contributed by atoms with van der Waals surface area (Å²) in [5, 5.41) is 1.02. The maximum Gasteiger partial charge on any atom is 0.248 e. The van der Waals surface area contributed by atoms with Crippen LogP contribution < -0.4 is 0 Å². The number of nitrogens with zero attached hydrogens (tertiary/aromatic N) is 1. The van der Waals surface area contributed by atoms with Crippen molar-refractivity contribution in [1.82, 2.24) is 4.90 Å². The number of hydrogen-bond acceptors (Lipinski definition) is 2. The van der Waals surface area contributed by atoms with E-state index in [0.717, 1.165) is 18.4 Å². The highest BCUT2D eigenvalue weighted by atomic mass is 79.9. The Morgan fingerprint density at radius 3 is 2.79 bits per heavy atom. The minimum atomic E-state index is 0.156. The van der Waals surface area contributed by atoms with Crippen molar-refractivity contribution < 1.29 is 9.53 Å². The van der Waals surface area contributed by atoms with Gasteiger partial charge in [-0.2, -0.15) is 0 Å². The maximum absolute atomic E-state index is 11.5. The standard InChI is InChI=1S/C10H16BrNO2/c11-7-10(2-1-3-10)8-12-4-5-14-6-9(12)13/h1-8H2. The molecule has 3 nitrogen and oxygen atoms in total. The highest BCUT2D eigenvalue weighted by Gasteiger charge is 2.38. The number of rotatable bonds is 3. The molecule has 4 heteroatoms. The molecule has 0 aromatic carbocycles. The van der Waals surface area contributed by atoms with E-state index in [0.29, 0.717) is 12.0 Å². The van der Waals surface area contributed by atoms with Gasteiger partial charge >= 0.3 is 0 Å². The van der Waals surface area contributed by atoms with E-state index in [1.165, 1.54) is 19.3 Å². The molecular weight excluding hydrogens is 246 g/mol. The second kappa shape index (κ2) is 4.19. The van der Waals surface area contributed by atoms with Gasteiger partial charge in [0.25, 0.3) is 0 Å². The molecule has 0 atom stereocenters. The van der Waals surface area contributed by atoms with Gasteiger partial charge in [0.05, 0.1) is 6.61 Å². The summed E-state index contributed by atoms with van der Waals surface area (Å²) in [6, 6.07) is 0. The fourth-order valence-electron chi connectivity index (χ4n) is 2.13. The number of halogens is 1. The van der Waals surface area contributed by atoms with Crippen LogP contribution >= 0.6 is 15.9 Å². The van der Waals surface area contributed by atoms with E-state index in [1.807, 2.05) is 4.90 Å². The lowest BCUT2D eigenvalue weighted by Gasteiger charge is -2.44. The number of carbonyl (C=O) groups excluding carboxylic acids is 1. The Balaban J connectivity index is 1.91. The van der Waals surface area contributed by atoms with Crippen LogP contribution in [0.25, 0.3) is 0 Å². The van der Waals surface area contributed by atoms with Gasteiger partial charge in [-0.3, -0.25) is 4.79 Å². The second-order valence-electron chi connectivity index (χ2n) is 4.36. The van der Waals surface area contributed by atoms with Gasteiger partial charge in [0.2, 0.25) is 5.91 Å². The SMILES string of the molecule is O=C1COCCN1CC1(CBr)CCC1. The zero-order chi connectivity index (χ0) is 10.0. The third kappa shape index (κ3) is 1.96. The molecule has 1 aliphatic heterocycles. The van der Waals surface area contributed by atoms with Gasteiger partial charge in [-0.25, -0.2) is 0 Å². The predicted molar refractivity (Wildman–Crippen MR) is 57.5 cm³/mol. The number of carbonyl (C=O) groups is 1. The molecule has 1 saturated heterocycles. The minimum Gasteiger partial charge on any atom is -0.370 e. The largest absolute Gasteiger partial charge is 0.370 e. The van der Waals surface area contributed by atoms with E-state index < -0.39 is 0 Å². The van der Waals surface area contributed by atoms with Crippen molar-refractivity contribution in [2.75, 3.05) is 31.6 Å². The van der Waals surface area contributed by atoms with Gasteiger partial charge in [-0.05, 0) is 18.3 Å². The summed E-state index contributed by atoms with van der Waals surface area (Å²) in [5.41, 5.74) is 0.368. The van der Waals surface area contributed by atoms with Gasteiger partial charge in [0, 0.05) is 18.4 Å². The van der Waals surface area contributed by atoms with Crippen LogP contribution in [-0.4, -0.2) is 42.4 Å². The molecule has 0 aromatic heterocycles. The average molecular weight is 262 g/mol. The summed E-state index contributed by atoms with van der Waals surface area (Å²) >= 11 is 3.56. The highest BCUT2D eigenvalue weighted by molar-refractivity contribution is 9.09. The third-order valence-electron chi connectivity index (χ3n) is 3.31. The molecule has 2 rings (SSSR count). The molecule has 1 heterocycles. The van der Waals surface area contributed by atoms with Crippen LogP contribution in [0.4, 0.5) is 0 Å². The molecule has 2 fully saturated rings. The molecule has 1 saturated carbocycles. The number of amides is 1. The average Bonchev–Trinajstić information content (AvgIpc) is 2.14. The fraction of sp³-hybridized carbons (Fsp3) is 0.900. The fourth-order valence-corrected chi connectivity index (χ4v) is 2.87. The number of alkyl halides is 1. The van der Waals surface area contributed by atoms with Crippen molar-refractivity contribution in [3.05, 3.63) is 0 Å². The molecule has 0 aromatic rings. The van der Waals surface area contributed by atoms with Crippen molar-refractivity contribution in [2.24, 2.45) is 5.41 Å². The van der Waals surface area contributed by atoms with E-state index in [4.69, 9.17) is 4.74 Å². The lowest BCUT2D eigenvalue weighted by atomic mass is 9.70. The number of morpholine rings is 1. The van der Waals surface area contributed by atoms with E-state index in [9.17, 15) is 4.79 Å². The lowest BCUT2D eigenvalue weighted by molar-refractivity contribution is -0.145. The van der Waals surface area contributed by atoms with E-state index >= 15 is 0 Å². The highest BCUT2D eigenvalue weighted by Crippen LogP contribution is 2.43. The van der Waals surface area contributed by atoms with Gasteiger partial charge in [-0.1, -0.05) is 22.4 Å². The molecule has 0 spiro atoms. The van der Waals surface area contributed by atoms with Crippen LogP contribution in [-0.2, 0) is 9.53 Å². The lowest BCUT2D eigenvalue weighted by Crippen LogP contribution is -2.50. The Morgan fingerprint density at radius 2 is 2.29 bits per heavy atom. The molecule has 1 amide bonds. The molecule has 2 aliphatic rings. The summed E-state index contributed by atoms with van der Waals surface area (Å²) in [6.45, 7) is 2.66. The Bertz CT molecular complexity index is 223. The molecule has 0 N–H and O–H groups in total. The number of hydrogen-bond donors (Lipinski definition) is 0. The summed E-state index contributed by atoms with van der Waals surface area (Å²) in [6.07, 6.45) is 3.82. The first-order valence-electron chi connectivity index (χ1n) is 5.17. The first-order chi connectivity index (χ1) is 6.76. The van der Waals surface area contributed by atoms with Crippen LogP contribution in [0.2, 0.25) is 0 Å². The van der Waals surface area contributed by atoms with E-state index in [2.05, 4.69) is 15.9 Å². The third-order valence-corrected chi connectivity index (χ3v) is 4.50. The van der Waals surface area contributed by atoms with Crippen LogP contribution in [0.5, 0.6) is 0 Å². The summed E-state index contributed by atoms with van der Waals surface area (Å²) in [4.78, 5) is 13.5. The van der Waals surface area contributed by atoms with Crippen LogP contribution in [0.1, 0.15) is 19.3 Å². The molecule has 0 radical (unpaired) electrons.